The number of aromatic nitrogens is 1. The summed E-state index contributed by atoms with van der Waals surface area (Å²) in [5.41, 5.74) is 8.59. The van der Waals surface area contributed by atoms with Gasteiger partial charge in [-0.1, -0.05) is 0 Å². The molecule has 1 aliphatic rings. The van der Waals surface area contributed by atoms with Crippen LogP contribution in [0.5, 0.6) is 5.75 Å². The summed E-state index contributed by atoms with van der Waals surface area (Å²) in [7, 11) is 1.70. The molecule has 4 N–H and O–H groups in total. The van der Waals surface area contributed by atoms with E-state index in [-0.39, 0.29) is 6.61 Å². The average Bonchev–Trinajstić information content (AvgIpc) is 3.00. The molecule has 23 heavy (non-hydrogen) atoms. The van der Waals surface area contributed by atoms with E-state index in [1.807, 2.05) is 6.07 Å². The first-order chi connectivity index (χ1) is 11.3. The Morgan fingerprint density at radius 3 is 2.83 bits per heavy atom. The summed E-state index contributed by atoms with van der Waals surface area (Å²) in [5, 5.41) is 10.3. The van der Waals surface area contributed by atoms with Crippen molar-refractivity contribution in [2.75, 3.05) is 39.9 Å². The van der Waals surface area contributed by atoms with Gasteiger partial charge >= 0.3 is 0 Å². The first-order valence-electron chi connectivity index (χ1n) is 8.45. The monoisotopic (exact) mass is 317 g/mol. The van der Waals surface area contributed by atoms with Crippen molar-refractivity contribution in [3.05, 3.63) is 30.0 Å². The van der Waals surface area contributed by atoms with Gasteiger partial charge in [-0.3, -0.25) is 0 Å². The maximum atomic E-state index is 9.08. The molecule has 1 unspecified atom stereocenters. The van der Waals surface area contributed by atoms with Crippen molar-refractivity contribution < 1.29 is 9.84 Å². The summed E-state index contributed by atoms with van der Waals surface area (Å²) in [6.45, 7) is 3.78. The van der Waals surface area contributed by atoms with Crippen molar-refractivity contribution >= 4 is 10.9 Å². The van der Waals surface area contributed by atoms with Gasteiger partial charge in [0, 0.05) is 29.6 Å². The van der Waals surface area contributed by atoms with E-state index in [1.54, 1.807) is 7.11 Å². The molecule has 1 aromatic carbocycles. The van der Waals surface area contributed by atoms with Crippen molar-refractivity contribution in [3.63, 3.8) is 0 Å². The molecule has 5 heteroatoms. The van der Waals surface area contributed by atoms with Crippen LogP contribution in [0.2, 0.25) is 0 Å². The summed E-state index contributed by atoms with van der Waals surface area (Å²) in [4.78, 5) is 5.70. The molecule has 0 radical (unpaired) electrons. The van der Waals surface area contributed by atoms with Crippen molar-refractivity contribution in [2.45, 2.75) is 18.8 Å². The van der Waals surface area contributed by atoms with Gasteiger partial charge in [-0.15, -0.1) is 0 Å². The van der Waals surface area contributed by atoms with Crippen LogP contribution in [-0.4, -0.2) is 54.9 Å². The van der Waals surface area contributed by atoms with Gasteiger partial charge in [0.2, 0.25) is 0 Å². The number of H-pyrrole nitrogens is 1. The number of methoxy groups -OCH3 is 1. The fraction of sp³-hybridized carbons (Fsp3) is 0.556. The Labute approximate surface area is 137 Å². The number of rotatable bonds is 6. The lowest BCUT2D eigenvalue weighted by atomic mass is 9.80. The molecular formula is C18H27N3O2. The van der Waals surface area contributed by atoms with Gasteiger partial charge in [-0.25, -0.2) is 0 Å². The van der Waals surface area contributed by atoms with Crippen LogP contribution in [0.4, 0.5) is 0 Å². The molecule has 1 aromatic heterocycles. The molecule has 0 spiro atoms. The smallest absolute Gasteiger partial charge is 0.119 e. The minimum atomic E-state index is 0.243. The Balaban J connectivity index is 1.81. The summed E-state index contributed by atoms with van der Waals surface area (Å²) >= 11 is 0. The number of nitrogens with two attached hydrogens (primary N) is 1. The quantitative estimate of drug-likeness (QED) is 0.761. The molecule has 1 atom stereocenters. The largest absolute Gasteiger partial charge is 0.497 e. The number of hydrogen-bond donors (Lipinski definition) is 3. The number of aliphatic hydroxyl groups excluding tert-OH is 1. The number of hydrogen-bond acceptors (Lipinski definition) is 4. The van der Waals surface area contributed by atoms with Crippen molar-refractivity contribution in [2.24, 2.45) is 11.7 Å². The summed E-state index contributed by atoms with van der Waals surface area (Å²) in [6, 6.07) is 6.15. The van der Waals surface area contributed by atoms with Crippen molar-refractivity contribution in [1.29, 1.82) is 0 Å². The summed E-state index contributed by atoms with van der Waals surface area (Å²) in [5.74, 6) is 1.85. The predicted octanol–water partition coefficient (Wildman–Crippen LogP) is 1.92. The Kier molecular flexibility index (Phi) is 5.20. The van der Waals surface area contributed by atoms with Gasteiger partial charge in [0.1, 0.15) is 5.75 Å². The molecule has 0 amide bonds. The van der Waals surface area contributed by atoms with E-state index in [9.17, 15) is 0 Å². The summed E-state index contributed by atoms with van der Waals surface area (Å²) < 4.78 is 5.37. The topological polar surface area (TPSA) is 74.5 Å². The van der Waals surface area contributed by atoms with Crippen LogP contribution in [-0.2, 0) is 0 Å². The van der Waals surface area contributed by atoms with E-state index < -0.39 is 0 Å². The summed E-state index contributed by atoms with van der Waals surface area (Å²) in [6.07, 6.45) is 4.39. The zero-order chi connectivity index (χ0) is 16.2. The van der Waals surface area contributed by atoms with E-state index in [4.69, 9.17) is 15.6 Å². The Morgan fingerprint density at radius 2 is 2.17 bits per heavy atom. The van der Waals surface area contributed by atoms with Gasteiger partial charge in [0.05, 0.1) is 13.7 Å². The number of ether oxygens (including phenoxy) is 1. The maximum Gasteiger partial charge on any atom is 0.119 e. The van der Waals surface area contributed by atoms with Gasteiger partial charge in [-0.2, -0.15) is 0 Å². The highest BCUT2D eigenvalue weighted by atomic mass is 16.5. The van der Waals surface area contributed by atoms with Crippen LogP contribution in [0.25, 0.3) is 10.9 Å². The standard InChI is InChI=1S/C18H27N3O2/c1-23-14-2-3-18-15(10-14)17(12-20-18)16(11-19)13-4-6-21(7-5-13)8-9-22/h2-3,10,12-13,16,20,22H,4-9,11,19H2,1H3. The highest BCUT2D eigenvalue weighted by molar-refractivity contribution is 5.85. The zero-order valence-electron chi connectivity index (χ0n) is 13.8. The fourth-order valence-electron chi connectivity index (χ4n) is 3.85. The van der Waals surface area contributed by atoms with E-state index >= 15 is 0 Å². The Bertz CT molecular complexity index is 632. The average molecular weight is 317 g/mol. The van der Waals surface area contributed by atoms with Crippen LogP contribution in [0, 0.1) is 5.92 Å². The molecule has 1 saturated heterocycles. The lowest BCUT2D eigenvalue weighted by Crippen LogP contribution is -2.38. The highest BCUT2D eigenvalue weighted by Gasteiger charge is 2.28. The highest BCUT2D eigenvalue weighted by Crippen LogP contribution is 2.36. The van der Waals surface area contributed by atoms with Gasteiger partial charge in [0.15, 0.2) is 0 Å². The van der Waals surface area contributed by atoms with Crippen LogP contribution in [0.15, 0.2) is 24.4 Å². The number of nitrogens with one attached hydrogen (secondary N) is 1. The molecule has 5 nitrogen and oxygen atoms in total. The second-order valence-corrected chi connectivity index (χ2v) is 6.40. The minimum Gasteiger partial charge on any atom is -0.497 e. The molecule has 3 rings (SSSR count). The molecular weight excluding hydrogens is 290 g/mol. The van der Waals surface area contributed by atoms with Crippen LogP contribution >= 0.6 is 0 Å². The third kappa shape index (κ3) is 3.37. The molecule has 0 bridgehead atoms. The number of piperidine rings is 1. The van der Waals surface area contributed by atoms with Crippen LogP contribution in [0.1, 0.15) is 24.3 Å². The van der Waals surface area contributed by atoms with Crippen molar-refractivity contribution in [3.8, 4) is 5.75 Å². The van der Waals surface area contributed by atoms with Crippen LogP contribution < -0.4 is 10.5 Å². The molecule has 126 valence electrons. The van der Waals surface area contributed by atoms with Gasteiger partial charge in [0.25, 0.3) is 0 Å². The third-order valence-electron chi connectivity index (χ3n) is 5.19. The fourth-order valence-corrected chi connectivity index (χ4v) is 3.85. The maximum absolute atomic E-state index is 9.08. The zero-order valence-corrected chi connectivity index (χ0v) is 13.8. The minimum absolute atomic E-state index is 0.243. The number of benzene rings is 1. The van der Waals surface area contributed by atoms with Crippen molar-refractivity contribution in [1.82, 2.24) is 9.88 Å². The van der Waals surface area contributed by atoms with E-state index in [0.717, 1.165) is 43.7 Å². The third-order valence-corrected chi connectivity index (χ3v) is 5.19. The number of aromatic amines is 1. The molecule has 0 saturated carbocycles. The Morgan fingerprint density at radius 1 is 1.39 bits per heavy atom. The molecule has 0 aliphatic carbocycles. The van der Waals surface area contributed by atoms with Gasteiger partial charge < -0.3 is 25.5 Å². The van der Waals surface area contributed by atoms with E-state index in [0.29, 0.717) is 18.4 Å². The Hall–Kier alpha value is -1.56. The molecule has 1 fully saturated rings. The first kappa shape index (κ1) is 16.3. The molecule has 2 aromatic rings. The molecule has 1 aliphatic heterocycles. The lowest BCUT2D eigenvalue weighted by molar-refractivity contribution is 0.138. The van der Waals surface area contributed by atoms with E-state index in [2.05, 4.69) is 28.2 Å². The molecule has 2 heterocycles. The SMILES string of the molecule is COc1ccc2[nH]cc(C(CN)C3CCN(CCO)CC3)c2c1. The number of likely N-dealkylation sites (tertiary alicyclic amines) is 1. The second-order valence-electron chi connectivity index (χ2n) is 6.40. The second kappa shape index (κ2) is 7.34. The first-order valence-corrected chi connectivity index (χ1v) is 8.45. The van der Waals surface area contributed by atoms with E-state index in [1.165, 1.54) is 10.9 Å². The number of aliphatic hydroxyl groups is 1. The number of β-amino-alcohol motifs (C(OH)–C–C–N with tert-alkyl or cyclic N) is 1. The van der Waals surface area contributed by atoms with Crippen LogP contribution in [0.3, 0.4) is 0 Å². The predicted molar refractivity (Wildman–Crippen MR) is 92.9 cm³/mol. The number of fused-ring (bicyclic) bond motifs is 1. The lowest BCUT2D eigenvalue weighted by Gasteiger charge is -2.35. The normalized spacial score (nSPS) is 18.4. The number of nitrogens with zero attached hydrogens (tertiary/aromatic N) is 1. The van der Waals surface area contributed by atoms with Gasteiger partial charge in [-0.05, 0) is 62.2 Å².